The molecule has 1 heterocycles. The summed E-state index contributed by atoms with van der Waals surface area (Å²) < 4.78 is 2.01. The molecule has 0 bridgehead atoms. The molecule has 3 heteroatoms. The molecular formula is C18H17NOS. The number of rotatable bonds is 3. The zero-order valence-corrected chi connectivity index (χ0v) is 13.2. The number of ketones is 1. The van der Waals surface area contributed by atoms with E-state index in [0.29, 0.717) is 0 Å². The maximum atomic E-state index is 12.0. The normalized spacial score (nSPS) is 11.0. The summed E-state index contributed by atoms with van der Waals surface area (Å²) in [7, 11) is 1.97. The number of nitrogens with zero attached hydrogens (tertiary/aromatic N) is 1. The average molecular weight is 295 g/mol. The molecule has 0 aliphatic heterocycles. The first-order valence-electron chi connectivity index (χ1n) is 6.91. The Hall–Kier alpha value is -2.00. The minimum Gasteiger partial charge on any atom is -0.335 e. The van der Waals surface area contributed by atoms with Gasteiger partial charge in [0.25, 0.3) is 0 Å². The Morgan fingerprint density at radius 3 is 2.24 bits per heavy atom. The summed E-state index contributed by atoms with van der Waals surface area (Å²) in [6.45, 7) is 3.71. The van der Waals surface area contributed by atoms with Gasteiger partial charge in [-0.05, 0) is 19.1 Å². The summed E-state index contributed by atoms with van der Waals surface area (Å²) in [4.78, 5) is 13.1. The van der Waals surface area contributed by atoms with Gasteiger partial charge in [0.2, 0.25) is 0 Å². The molecule has 3 aromatic rings. The minimum absolute atomic E-state index is 0.101. The molecule has 0 amide bonds. The lowest BCUT2D eigenvalue weighted by molar-refractivity contribution is 0.101. The third-order valence-corrected chi connectivity index (χ3v) is 4.82. The molecule has 21 heavy (non-hydrogen) atoms. The molecule has 106 valence electrons. The molecule has 0 aliphatic carbocycles. The summed E-state index contributed by atoms with van der Waals surface area (Å²) in [6, 6.07) is 16.6. The lowest BCUT2D eigenvalue weighted by Crippen LogP contribution is -2.02. The van der Waals surface area contributed by atoms with E-state index in [1.807, 2.05) is 29.8 Å². The van der Waals surface area contributed by atoms with Gasteiger partial charge < -0.3 is 4.57 Å². The van der Waals surface area contributed by atoms with Gasteiger partial charge in [-0.2, -0.15) is 0 Å². The highest BCUT2D eigenvalue weighted by atomic mass is 32.2. The predicted octanol–water partition coefficient (Wildman–Crippen LogP) is 4.84. The summed E-state index contributed by atoms with van der Waals surface area (Å²) in [5.74, 6) is 0.101. The molecule has 0 spiro atoms. The lowest BCUT2D eigenvalue weighted by Gasteiger charge is -2.06. The van der Waals surface area contributed by atoms with E-state index < -0.39 is 0 Å². The molecule has 0 fully saturated rings. The zero-order valence-electron chi connectivity index (χ0n) is 12.4. The van der Waals surface area contributed by atoms with E-state index in [-0.39, 0.29) is 5.78 Å². The Kier molecular flexibility index (Phi) is 3.60. The molecule has 2 aromatic carbocycles. The third kappa shape index (κ3) is 2.49. The van der Waals surface area contributed by atoms with Crippen molar-refractivity contribution in [3.05, 3.63) is 59.8 Å². The largest absolute Gasteiger partial charge is 0.335 e. The van der Waals surface area contributed by atoms with Gasteiger partial charge in [0.05, 0.1) is 10.7 Å². The second kappa shape index (κ2) is 5.41. The van der Waals surface area contributed by atoms with Crippen LogP contribution in [0, 0.1) is 6.92 Å². The van der Waals surface area contributed by atoms with Crippen molar-refractivity contribution >= 4 is 28.3 Å². The SMILES string of the molecule is CC(=O)c1c2ccccc2c(Sc2ccc(C)cc2)n1C. The van der Waals surface area contributed by atoms with Crippen molar-refractivity contribution in [2.75, 3.05) is 0 Å². The van der Waals surface area contributed by atoms with Crippen LogP contribution in [0.2, 0.25) is 0 Å². The number of Topliss-reactive ketones (excluding diaryl/α,β-unsaturated/α-hetero) is 1. The molecule has 1 aromatic heterocycles. The summed E-state index contributed by atoms with van der Waals surface area (Å²) in [6.07, 6.45) is 0. The summed E-state index contributed by atoms with van der Waals surface area (Å²) in [5, 5.41) is 3.28. The van der Waals surface area contributed by atoms with Crippen LogP contribution in [0.1, 0.15) is 23.0 Å². The van der Waals surface area contributed by atoms with Crippen molar-refractivity contribution in [1.29, 1.82) is 0 Å². The number of hydrogen-bond donors (Lipinski definition) is 0. The molecule has 0 atom stereocenters. The first-order valence-corrected chi connectivity index (χ1v) is 7.72. The number of aromatic nitrogens is 1. The van der Waals surface area contributed by atoms with Crippen molar-refractivity contribution in [1.82, 2.24) is 4.57 Å². The predicted molar refractivity (Wildman–Crippen MR) is 88.2 cm³/mol. The van der Waals surface area contributed by atoms with Gasteiger partial charge >= 0.3 is 0 Å². The summed E-state index contributed by atoms with van der Waals surface area (Å²) >= 11 is 1.70. The van der Waals surface area contributed by atoms with E-state index in [2.05, 4.69) is 37.3 Å². The van der Waals surface area contributed by atoms with Crippen LogP contribution in [0.5, 0.6) is 0 Å². The molecule has 0 aliphatic rings. The van der Waals surface area contributed by atoms with Crippen LogP contribution in [-0.2, 0) is 7.05 Å². The molecule has 0 unspecified atom stereocenters. The molecule has 0 N–H and O–H groups in total. The van der Waals surface area contributed by atoms with Crippen LogP contribution in [0.15, 0.2) is 58.5 Å². The first-order chi connectivity index (χ1) is 10.1. The number of carbonyl (C=O) groups excluding carboxylic acids is 1. The van der Waals surface area contributed by atoms with Crippen LogP contribution in [0.25, 0.3) is 10.8 Å². The first kappa shape index (κ1) is 14.0. The molecule has 0 saturated heterocycles. The summed E-state index contributed by atoms with van der Waals surface area (Å²) in [5.41, 5.74) is 2.03. The van der Waals surface area contributed by atoms with Crippen molar-refractivity contribution < 1.29 is 4.79 Å². The van der Waals surface area contributed by atoms with Crippen molar-refractivity contribution in [2.24, 2.45) is 7.05 Å². The van der Waals surface area contributed by atoms with Gasteiger partial charge in [-0.25, -0.2) is 0 Å². The van der Waals surface area contributed by atoms with Crippen molar-refractivity contribution in [2.45, 2.75) is 23.8 Å². The van der Waals surface area contributed by atoms with E-state index in [0.717, 1.165) is 21.5 Å². The van der Waals surface area contributed by atoms with E-state index >= 15 is 0 Å². The van der Waals surface area contributed by atoms with Gasteiger partial charge in [0.15, 0.2) is 5.78 Å². The monoisotopic (exact) mass is 295 g/mol. The van der Waals surface area contributed by atoms with Crippen molar-refractivity contribution in [3.63, 3.8) is 0 Å². The minimum atomic E-state index is 0.101. The second-order valence-corrected chi connectivity index (χ2v) is 6.29. The van der Waals surface area contributed by atoms with E-state index in [4.69, 9.17) is 0 Å². The third-order valence-electron chi connectivity index (χ3n) is 3.62. The molecular weight excluding hydrogens is 278 g/mol. The Balaban J connectivity index is 2.16. The Morgan fingerprint density at radius 2 is 1.62 bits per heavy atom. The Morgan fingerprint density at radius 1 is 1.00 bits per heavy atom. The zero-order chi connectivity index (χ0) is 15.0. The van der Waals surface area contributed by atoms with Crippen LogP contribution < -0.4 is 0 Å². The number of hydrogen-bond acceptors (Lipinski definition) is 2. The highest BCUT2D eigenvalue weighted by Gasteiger charge is 2.17. The van der Waals surface area contributed by atoms with Gasteiger partial charge in [-0.15, -0.1) is 0 Å². The molecule has 0 saturated carbocycles. The van der Waals surface area contributed by atoms with Gasteiger partial charge in [-0.1, -0.05) is 53.7 Å². The lowest BCUT2D eigenvalue weighted by atomic mass is 10.1. The van der Waals surface area contributed by atoms with Gasteiger partial charge in [0, 0.05) is 29.6 Å². The maximum Gasteiger partial charge on any atom is 0.176 e. The number of carbonyl (C=O) groups is 1. The smallest absolute Gasteiger partial charge is 0.176 e. The molecule has 2 nitrogen and oxygen atoms in total. The standard InChI is InChI=1S/C18H17NOS/c1-12-8-10-14(11-9-12)21-18-16-7-5-4-6-15(16)17(13(2)20)19(18)3/h4-11H,1-3H3. The topological polar surface area (TPSA) is 22.0 Å². The molecule has 3 rings (SSSR count). The van der Waals surface area contributed by atoms with Crippen LogP contribution in [0.4, 0.5) is 0 Å². The fourth-order valence-electron chi connectivity index (χ4n) is 2.61. The van der Waals surface area contributed by atoms with Crippen molar-refractivity contribution in [3.8, 4) is 0 Å². The van der Waals surface area contributed by atoms with Crippen LogP contribution in [0.3, 0.4) is 0 Å². The number of benzene rings is 2. The van der Waals surface area contributed by atoms with Crippen LogP contribution >= 0.6 is 11.8 Å². The quantitative estimate of drug-likeness (QED) is 0.645. The maximum absolute atomic E-state index is 12.0. The number of aryl methyl sites for hydroxylation is 1. The number of fused-ring (bicyclic) bond motifs is 1. The van der Waals surface area contributed by atoms with Gasteiger partial charge in [0.1, 0.15) is 0 Å². The highest BCUT2D eigenvalue weighted by molar-refractivity contribution is 7.99. The van der Waals surface area contributed by atoms with E-state index in [1.54, 1.807) is 18.7 Å². The second-order valence-electron chi connectivity index (χ2n) is 5.23. The fourth-order valence-corrected chi connectivity index (χ4v) is 3.62. The Labute approximate surface area is 128 Å². The average Bonchev–Trinajstić information content (AvgIpc) is 2.74. The molecule has 0 radical (unpaired) electrons. The van der Waals surface area contributed by atoms with E-state index in [1.165, 1.54) is 10.5 Å². The van der Waals surface area contributed by atoms with Gasteiger partial charge in [-0.3, -0.25) is 4.79 Å². The highest BCUT2D eigenvalue weighted by Crippen LogP contribution is 2.37. The van der Waals surface area contributed by atoms with Crippen LogP contribution in [-0.4, -0.2) is 10.4 Å². The fraction of sp³-hybridized carbons (Fsp3) is 0.167. The Bertz CT molecular complexity index is 815. The van der Waals surface area contributed by atoms with E-state index in [9.17, 15) is 4.79 Å².